The summed E-state index contributed by atoms with van der Waals surface area (Å²) in [6, 6.07) is 3.70. The minimum atomic E-state index is -0.978. The third-order valence-corrected chi connectivity index (χ3v) is 6.77. The van der Waals surface area contributed by atoms with E-state index >= 15 is 0 Å². The van der Waals surface area contributed by atoms with Gasteiger partial charge in [0.05, 0.1) is 48.4 Å². The van der Waals surface area contributed by atoms with Gasteiger partial charge in [0.25, 0.3) is 5.91 Å². The molecule has 11 nitrogen and oxygen atoms in total. The predicted octanol–water partition coefficient (Wildman–Crippen LogP) is 1.80. The molecule has 0 spiro atoms. The fourth-order valence-corrected chi connectivity index (χ4v) is 4.57. The molecule has 1 saturated carbocycles. The number of hydrogen-bond acceptors (Lipinski definition) is 8. The SMILES string of the molecule is CCOc1ncc(-c2cc3c(N[C@@H]4CN(C(=O)C5(C#N)CC5)C[C@@H]4CF)c(C(N)=O)cnn3c2)cn1. The molecule has 0 unspecified atom stereocenters. The van der Waals surface area contributed by atoms with E-state index in [-0.39, 0.29) is 30.6 Å². The maximum atomic E-state index is 14.0. The first-order valence-corrected chi connectivity index (χ1v) is 11.7. The van der Waals surface area contributed by atoms with Crippen LogP contribution in [0.3, 0.4) is 0 Å². The van der Waals surface area contributed by atoms with Crippen molar-refractivity contribution in [3.05, 3.63) is 36.4 Å². The number of likely N-dealkylation sites (tertiary alicyclic amines) is 1. The molecule has 1 saturated heterocycles. The molecule has 2 amide bonds. The number of fused-ring (bicyclic) bond motifs is 1. The van der Waals surface area contributed by atoms with Gasteiger partial charge in [-0.1, -0.05) is 0 Å². The monoisotopic (exact) mass is 492 g/mol. The van der Waals surface area contributed by atoms with Gasteiger partial charge in [-0.15, -0.1) is 0 Å². The summed E-state index contributed by atoms with van der Waals surface area (Å²) in [6.07, 6.45) is 7.40. The van der Waals surface area contributed by atoms with E-state index < -0.39 is 30.0 Å². The van der Waals surface area contributed by atoms with E-state index in [0.717, 1.165) is 5.56 Å². The second-order valence-corrected chi connectivity index (χ2v) is 9.11. The van der Waals surface area contributed by atoms with Gasteiger partial charge in [-0.2, -0.15) is 10.4 Å². The van der Waals surface area contributed by atoms with E-state index in [2.05, 4.69) is 26.5 Å². The van der Waals surface area contributed by atoms with Gasteiger partial charge in [0.1, 0.15) is 5.41 Å². The molecular formula is C24H25FN8O3. The van der Waals surface area contributed by atoms with Gasteiger partial charge in [-0.25, -0.2) is 14.5 Å². The number of carbonyl (C=O) groups excluding carboxylic acids is 2. The maximum absolute atomic E-state index is 14.0. The molecule has 0 radical (unpaired) electrons. The number of nitrogens with one attached hydrogen (secondary N) is 1. The Balaban J connectivity index is 1.47. The number of rotatable bonds is 8. The molecule has 1 aliphatic heterocycles. The van der Waals surface area contributed by atoms with Crippen molar-refractivity contribution >= 4 is 23.0 Å². The number of ether oxygens (including phenoxy) is 1. The first-order valence-electron chi connectivity index (χ1n) is 11.7. The van der Waals surface area contributed by atoms with Crippen molar-refractivity contribution in [3.8, 4) is 23.2 Å². The fraction of sp³-hybridized carbons (Fsp3) is 0.417. The Kier molecular flexibility index (Phi) is 5.91. The van der Waals surface area contributed by atoms with E-state index in [0.29, 0.717) is 36.2 Å². The van der Waals surface area contributed by atoms with Crippen molar-refractivity contribution in [1.29, 1.82) is 5.26 Å². The second kappa shape index (κ2) is 9.07. The van der Waals surface area contributed by atoms with Gasteiger partial charge in [-0.05, 0) is 25.8 Å². The van der Waals surface area contributed by atoms with Crippen molar-refractivity contribution in [2.75, 3.05) is 31.7 Å². The van der Waals surface area contributed by atoms with Crippen molar-refractivity contribution in [2.24, 2.45) is 17.1 Å². The van der Waals surface area contributed by atoms with Crippen molar-refractivity contribution in [3.63, 3.8) is 0 Å². The molecule has 3 aromatic heterocycles. The smallest absolute Gasteiger partial charge is 0.316 e. The van der Waals surface area contributed by atoms with E-state index in [1.54, 1.807) is 34.1 Å². The van der Waals surface area contributed by atoms with E-state index in [1.807, 2.05) is 6.92 Å². The van der Waals surface area contributed by atoms with Crippen LogP contribution in [0.15, 0.2) is 30.9 Å². The minimum Gasteiger partial charge on any atom is -0.464 e. The van der Waals surface area contributed by atoms with Gasteiger partial charge in [-0.3, -0.25) is 14.0 Å². The zero-order valence-electron chi connectivity index (χ0n) is 19.6. The van der Waals surface area contributed by atoms with Gasteiger partial charge < -0.3 is 20.7 Å². The van der Waals surface area contributed by atoms with Crippen LogP contribution in [0.2, 0.25) is 0 Å². The Hall–Kier alpha value is -4.27. The molecular weight excluding hydrogens is 467 g/mol. The number of aromatic nitrogens is 4. The third-order valence-electron chi connectivity index (χ3n) is 6.77. The normalized spacial score (nSPS) is 20.2. The highest BCUT2D eigenvalue weighted by Gasteiger charge is 2.54. The Morgan fingerprint density at radius 1 is 1.28 bits per heavy atom. The van der Waals surface area contributed by atoms with Crippen molar-refractivity contribution < 1.29 is 18.7 Å². The number of anilines is 1. The molecule has 1 aliphatic carbocycles. The van der Waals surface area contributed by atoms with E-state index in [4.69, 9.17) is 10.5 Å². The molecule has 3 N–H and O–H groups in total. The number of nitrogens with zero attached hydrogens (tertiary/aromatic N) is 6. The average Bonchev–Trinajstić information content (AvgIpc) is 3.38. The van der Waals surface area contributed by atoms with Crippen LogP contribution in [0.4, 0.5) is 10.1 Å². The number of primary amides is 1. The van der Waals surface area contributed by atoms with E-state index in [9.17, 15) is 19.2 Å². The van der Waals surface area contributed by atoms with Crippen LogP contribution in [0, 0.1) is 22.7 Å². The number of alkyl halides is 1. The standard InChI is InChI=1S/C24H25FN8O3/c1-2-36-23-28-7-16(8-29-23)14-5-19-20(17(21(27)34)9-30-33(19)11-14)31-18-12-32(10-15(18)6-25)22(35)24(13-26)3-4-24/h5,7-9,11,15,18,31H,2-4,6,10,12H2,1H3,(H2,27,34)/t15-,18+/m0/s1. The largest absolute Gasteiger partial charge is 0.464 e. The lowest BCUT2D eigenvalue weighted by Gasteiger charge is -2.21. The molecule has 4 heterocycles. The van der Waals surface area contributed by atoms with Crippen LogP contribution in [0.1, 0.15) is 30.1 Å². The number of halogens is 1. The first kappa shape index (κ1) is 23.5. The molecule has 186 valence electrons. The summed E-state index contributed by atoms with van der Waals surface area (Å²) in [5.41, 5.74) is 7.20. The summed E-state index contributed by atoms with van der Waals surface area (Å²) in [7, 11) is 0. The topological polar surface area (TPSA) is 152 Å². The summed E-state index contributed by atoms with van der Waals surface area (Å²) < 4.78 is 20.9. The molecule has 2 fully saturated rings. The van der Waals surface area contributed by atoms with Crippen molar-refractivity contribution in [1.82, 2.24) is 24.5 Å². The molecule has 12 heteroatoms. The lowest BCUT2D eigenvalue weighted by atomic mass is 10.0. The van der Waals surface area contributed by atoms with E-state index in [1.165, 1.54) is 6.20 Å². The Morgan fingerprint density at radius 3 is 2.64 bits per heavy atom. The zero-order valence-corrected chi connectivity index (χ0v) is 19.6. The summed E-state index contributed by atoms with van der Waals surface area (Å²) in [6.45, 7) is 2.04. The highest BCUT2D eigenvalue weighted by atomic mass is 19.1. The van der Waals surface area contributed by atoms with Gasteiger partial charge in [0.15, 0.2) is 0 Å². The first-order chi connectivity index (χ1) is 17.4. The van der Waals surface area contributed by atoms with Crippen LogP contribution >= 0.6 is 0 Å². The molecule has 5 rings (SSSR count). The summed E-state index contributed by atoms with van der Waals surface area (Å²) in [5.74, 6) is -1.46. The lowest BCUT2D eigenvalue weighted by Crippen LogP contribution is -2.36. The van der Waals surface area contributed by atoms with Crippen LogP contribution in [-0.2, 0) is 4.79 Å². The third kappa shape index (κ3) is 4.06. The minimum absolute atomic E-state index is 0.146. The molecule has 0 aromatic carbocycles. The highest BCUT2D eigenvalue weighted by molar-refractivity contribution is 6.02. The number of nitrogens with two attached hydrogens (primary N) is 1. The average molecular weight is 493 g/mol. The Labute approximate surface area is 206 Å². The lowest BCUT2D eigenvalue weighted by molar-refractivity contribution is -0.134. The van der Waals surface area contributed by atoms with Crippen molar-refractivity contribution in [2.45, 2.75) is 25.8 Å². The quantitative estimate of drug-likeness (QED) is 0.483. The molecule has 2 aliphatic rings. The number of carbonyl (C=O) groups is 2. The van der Waals surface area contributed by atoms with Crippen LogP contribution in [-0.4, -0.2) is 68.7 Å². The maximum Gasteiger partial charge on any atom is 0.316 e. The van der Waals surface area contributed by atoms with Gasteiger partial charge in [0.2, 0.25) is 5.91 Å². The summed E-state index contributed by atoms with van der Waals surface area (Å²) in [4.78, 5) is 35.0. The Bertz CT molecular complexity index is 1360. The van der Waals surface area contributed by atoms with Gasteiger partial charge >= 0.3 is 6.01 Å². The zero-order chi connectivity index (χ0) is 25.4. The molecule has 36 heavy (non-hydrogen) atoms. The van der Waals surface area contributed by atoms with Crippen LogP contribution < -0.4 is 15.8 Å². The van der Waals surface area contributed by atoms with Crippen LogP contribution in [0.5, 0.6) is 6.01 Å². The second-order valence-electron chi connectivity index (χ2n) is 9.11. The molecule has 0 bridgehead atoms. The predicted molar refractivity (Wildman–Crippen MR) is 127 cm³/mol. The Morgan fingerprint density at radius 2 is 2.03 bits per heavy atom. The number of hydrogen-bond donors (Lipinski definition) is 2. The van der Waals surface area contributed by atoms with Crippen LogP contribution in [0.25, 0.3) is 16.6 Å². The summed E-state index contributed by atoms with van der Waals surface area (Å²) in [5, 5.41) is 17.0. The number of nitriles is 1. The highest BCUT2D eigenvalue weighted by Crippen LogP contribution is 2.47. The molecule has 3 aromatic rings. The molecule has 2 atom stereocenters. The fourth-order valence-electron chi connectivity index (χ4n) is 4.57. The van der Waals surface area contributed by atoms with Gasteiger partial charge in [0, 0.05) is 48.7 Å². The number of amides is 2. The summed E-state index contributed by atoms with van der Waals surface area (Å²) >= 11 is 0.